The van der Waals surface area contributed by atoms with Crippen molar-refractivity contribution in [3.05, 3.63) is 288 Å². The summed E-state index contributed by atoms with van der Waals surface area (Å²) in [6, 6.07) is 46.4. The molecule has 0 spiro atoms. The quantitative estimate of drug-likeness (QED) is 0.0112. The van der Waals surface area contributed by atoms with Crippen LogP contribution in [0.25, 0.3) is 0 Å². The van der Waals surface area contributed by atoms with E-state index in [2.05, 4.69) is 168 Å². The topological polar surface area (TPSA) is 353 Å². The Hall–Kier alpha value is -13.3. The minimum Gasteiger partial charge on any atom is -0.490 e. The van der Waals surface area contributed by atoms with Crippen molar-refractivity contribution in [2.75, 3.05) is 91.6 Å². The summed E-state index contributed by atoms with van der Waals surface area (Å²) < 4.78 is 81.8. The van der Waals surface area contributed by atoms with Crippen molar-refractivity contribution in [2.45, 2.75) is 256 Å². The first-order valence-electron chi connectivity index (χ1n) is 49.3. The molecule has 0 aliphatic heterocycles. The molecule has 0 saturated heterocycles. The van der Waals surface area contributed by atoms with Gasteiger partial charge in [0.1, 0.15) is 75.9 Å². The van der Waals surface area contributed by atoms with E-state index in [0.717, 1.165) is 53.0 Å². The van der Waals surface area contributed by atoms with Crippen LogP contribution in [-0.4, -0.2) is 182 Å². The fourth-order valence-electron chi connectivity index (χ4n) is 11.6. The van der Waals surface area contributed by atoms with Crippen LogP contribution in [0.2, 0.25) is 0 Å². The first kappa shape index (κ1) is 131. The Morgan fingerprint density at radius 3 is 0.870 bits per heavy atom. The lowest BCUT2D eigenvalue weighted by atomic mass is 10.0. The molecule has 6 aromatic rings. The lowest BCUT2D eigenvalue weighted by Gasteiger charge is -2.21. The van der Waals surface area contributed by atoms with Crippen molar-refractivity contribution in [1.82, 2.24) is 0 Å². The van der Waals surface area contributed by atoms with Crippen molar-refractivity contribution < 1.29 is 133 Å². The van der Waals surface area contributed by atoms with E-state index in [0.29, 0.717) is 109 Å². The molecule has 1 unspecified atom stereocenters. The number of hydrogen-bond donors (Lipinski definition) is 0. The fraction of sp³-hybridized carbons (Fsp3) is 0.453. The Labute approximate surface area is 870 Å². The van der Waals surface area contributed by atoms with E-state index >= 15 is 0 Å². The van der Waals surface area contributed by atoms with Gasteiger partial charge in [-0.1, -0.05) is 238 Å². The van der Waals surface area contributed by atoms with Crippen LogP contribution in [0.4, 0.5) is 0 Å². The maximum absolute atomic E-state index is 11.6. The molecule has 0 heterocycles. The SMILES string of the molecule is C=C(C)C(=O)OCCCC(=O)OCCOc1ccc(C(C)C)cc1.C=C(C)C(=O)OCCCC(=O)Oc1ccc(C(C)C)cc1.C=C(C)C(=O)OCCOC(=O)Cc1ccc(C(C)C)cc1.C=CC(=O)OCCCC(=O)OCCOc1ccc(C(C)C)cc1.C=CC(=O)OCCCC(=O)Oc1ccc(C(C)C)cc1.C=CC(=O)OCCOC(=O)Cc1ccc(C(C)C)cc1.CC(C)OCC(CSC1=CCC=C1)OC(C)C. The lowest BCUT2D eigenvalue weighted by molar-refractivity contribution is -0.149. The Bertz CT molecular complexity index is 4790. The van der Waals surface area contributed by atoms with Gasteiger partial charge in [0.05, 0.1) is 64.2 Å². The zero-order valence-corrected chi connectivity index (χ0v) is 90.1. The van der Waals surface area contributed by atoms with Gasteiger partial charge in [0.25, 0.3) is 0 Å². The highest BCUT2D eigenvalue weighted by atomic mass is 32.2. The molecule has 146 heavy (non-hydrogen) atoms. The van der Waals surface area contributed by atoms with Gasteiger partial charge in [0.2, 0.25) is 0 Å². The van der Waals surface area contributed by atoms with E-state index in [-0.39, 0.29) is 159 Å². The molecule has 7 rings (SSSR count). The van der Waals surface area contributed by atoms with E-state index in [1.165, 1.54) is 38.3 Å². The summed E-state index contributed by atoms with van der Waals surface area (Å²) in [5, 5.41) is 0. The maximum Gasteiger partial charge on any atom is 0.333 e. The summed E-state index contributed by atoms with van der Waals surface area (Å²) in [6.07, 6.45) is 14.6. The van der Waals surface area contributed by atoms with Gasteiger partial charge in [0, 0.05) is 71.3 Å². The minimum atomic E-state index is -0.523. The second-order valence-corrected chi connectivity index (χ2v) is 36.7. The van der Waals surface area contributed by atoms with E-state index < -0.39 is 35.8 Å². The van der Waals surface area contributed by atoms with E-state index in [1.807, 2.05) is 133 Å². The third-order valence-electron chi connectivity index (χ3n) is 19.9. The monoisotopic (exact) mass is 2040 g/mol. The smallest absolute Gasteiger partial charge is 0.333 e. The fourth-order valence-corrected chi connectivity index (χ4v) is 12.5. The predicted molar refractivity (Wildman–Crippen MR) is 570 cm³/mol. The Balaban J connectivity index is 0.000000853. The first-order chi connectivity index (χ1) is 69.3. The summed E-state index contributed by atoms with van der Waals surface area (Å²) in [5.74, 6) is 1.44. The Morgan fingerprint density at radius 1 is 0.315 bits per heavy atom. The van der Waals surface area contributed by atoms with Crippen LogP contribution in [0, 0.1) is 0 Å². The molecular formula is C117H158O28S. The standard InChI is InChI=1S/C19H26O5.C18H24O5.2C17H22O4.2C16H20O4.C14H24O2S/c1-14(2)16-7-9-17(10-8-16)22-12-13-23-18(20)6-5-11-24-19(21)15(3)4;1-4-17(19)22-11-5-6-18(20)23-13-12-21-16-9-7-15(8-10-16)14(2)3;1-12(2)15-7-5-14(6-8-15)11-16(18)20-9-10-21-17(19)13(3)4;1-12(2)14-7-9-15(10-8-14)21-16(18)6-5-11-20-17(19)13(3)4;1-4-15(17)19-9-10-20-16(18)11-13-5-7-14(8-6-13)12(2)3;1-4-15(17)19-11-5-6-16(18)20-14-9-7-13(8-10-14)12(2)3;1-11(2)15-9-13(16-12(3)4)10-17-14-7-5-6-8-14/h7-10,14H,3,5-6,11-13H2,1-2,4H3;4,7-10,14H,1,5-6,11-13H2,2-3H3;5-8,12H,3,9-11H2,1-2,4H3;7-10,12H,3,5-6,11H2,1-2,4H3;4-8,12H,1,9-11H2,2-3H3;4,7-10,12H,1,5-6,11H2,2-3H3;5,7-8,11-13H,6,9-10H2,1-4H3. The maximum atomic E-state index is 11.6. The number of benzene rings is 6. The molecule has 0 bridgehead atoms. The molecule has 0 N–H and O–H groups in total. The average molecular weight is 2040 g/mol. The molecule has 0 radical (unpaired) electrons. The van der Waals surface area contributed by atoms with Crippen molar-refractivity contribution in [3.63, 3.8) is 0 Å². The molecule has 0 fully saturated rings. The van der Waals surface area contributed by atoms with E-state index in [1.54, 1.807) is 45.0 Å². The highest BCUT2D eigenvalue weighted by molar-refractivity contribution is 8.03. The van der Waals surface area contributed by atoms with Gasteiger partial charge in [-0.3, -0.25) is 28.8 Å². The van der Waals surface area contributed by atoms with Crippen LogP contribution in [0.1, 0.15) is 269 Å². The van der Waals surface area contributed by atoms with Crippen molar-refractivity contribution in [2.24, 2.45) is 0 Å². The number of allylic oxidation sites excluding steroid dienone is 3. The normalized spacial score (nSPS) is 11.0. The van der Waals surface area contributed by atoms with Gasteiger partial charge in [-0.25, -0.2) is 28.8 Å². The van der Waals surface area contributed by atoms with Gasteiger partial charge < -0.3 is 75.8 Å². The van der Waals surface area contributed by atoms with Crippen LogP contribution in [0.5, 0.6) is 23.0 Å². The summed E-state index contributed by atoms with van der Waals surface area (Å²) >= 11 is 1.86. The van der Waals surface area contributed by atoms with Crippen LogP contribution >= 0.6 is 11.8 Å². The number of carbonyl (C=O) groups excluding carboxylic acids is 12. The lowest BCUT2D eigenvalue weighted by Crippen LogP contribution is -2.27. The third-order valence-corrected chi connectivity index (χ3v) is 21.1. The summed E-state index contributed by atoms with van der Waals surface area (Å²) in [4.78, 5) is 136. The number of carbonyl (C=O) groups is 12. The zero-order valence-electron chi connectivity index (χ0n) is 89.3. The molecule has 800 valence electrons. The number of esters is 12. The van der Waals surface area contributed by atoms with Gasteiger partial charge in [-0.15, -0.1) is 11.8 Å². The van der Waals surface area contributed by atoms with Crippen molar-refractivity contribution in [1.29, 1.82) is 0 Å². The van der Waals surface area contributed by atoms with Crippen LogP contribution in [-0.2, 0) is 127 Å². The second kappa shape index (κ2) is 78.2. The molecular weight excluding hydrogens is 1890 g/mol. The largest absolute Gasteiger partial charge is 0.490 e. The van der Waals surface area contributed by atoms with Gasteiger partial charge in [-0.05, 0) is 209 Å². The molecule has 1 aliphatic carbocycles. The number of hydrogen-bond acceptors (Lipinski definition) is 29. The summed E-state index contributed by atoms with van der Waals surface area (Å²) in [6.45, 7) is 61.3. The molecule has 28 nitrogen and oxygen atoms in total. The Kier molecular flexibility index (Phi) is 70.0. The summed E-state index contributed by atoms with van der Waals surface area (Å²) in [5.41, 5.74) is 10.2. The minimum absolute atomic E-state index is 0.0445. The molecule has 1 atom stereocenters. The van der Waals surface area contributed by atoms with Crippen LogP contribution < -0.4 is 18.9 Å². The second-order valence-electron chi connectivity index (χ2n) is 35.6. The van der Waals surface area contributed by atoms with Gasteiger partial charge >= 0.3 is 71.6 Å². The zero-order chi connectivity index (χ0) is 109. The van der Waals surface area contributed by atoms with Gasteiger partial charge in [-0.2, -0.15) is 0 Å². The van der Waals surface area contributed by atoms with Crippen LogP contribution in [0.15, 0.2) is 243 Å². The highest BCUT2D eigenvalue weighted by Crippen LogP contribution is 2.27. The highest BCUT2D eigenvalue weighted by Gasteiger charge is 2.18. The van der Waals surface area contributed by atoms with Gasteiger partial charge in [0.15, 0.2) is 0 Å². The van der Waals surface area contributed by atoms with Crippen LogP contribution in [0.3, 0.4) is 0 Å². The van der Waals surface area contributed by atoms with Crippen molar-refractivity contribution in [3.8, 4) is 23.0 Å². The number of thioether (sulfide) groups is 1. The third kappa shape index (κ3) is 66.6. The predicted octanol–water partition coefficient (Wildman–Crippen LogP) is 23.1. The molecule has 0 aromatic heterocycles. The van der Waals surface area contributed by atoms with Crippen molar-refractivity contribution >= 4 is 83.4 Å². The number of ether oxygens (including phenoxy) is 16. The average Bonchev–Trinajstić information content (AvgIpc) is 1.52. The molecule has 0 saturated carbocycles. The molecule has 29 heteroatoms. The first-order valence-corrected chi connectivity index (χ1v) is 50.3. The number of rotatable bonds is 56. The molecule has 0 amide bonds. The summed E-state index contributed by atoms with van der Waals surface area (Å²) in [7, 11) is 0. The molecule has 1 aliphatic rings. The van der Waals surface area contributed by atoms with E-state index in [9.17, 15) is 57.5 Å². The Morgan fingerprint density at radius 2 is 0.582 bits per heavy atom. The molecule has 6 aromatic carbocycles. The van der Waals surface area contributed by atoms with E-state index in [4.69, 9.17) is 75.8 Å².